The number of piperidine rings is 1. The van der Waals surface area contributed by atoms with Crippen molar-refractivity contribution >= 4 is 0 Å². The molecule has 0 radical (unpaired) electrons. The van der Waals surface area contributed by atoms with E-state index in [1.807, 2.05) is 20.0 Å². The number of nitrogens with one attached hydrogen (secondary N) is 1. The maximum absolute atomic E-state index is 12.1. The largest absolute Gasteiger partial charge is 0.478 e. The second-order valence-electron chi connectivity index (χ2n) is 10.1. The van der Waals surface area contributed by atoms with Gasteiger partial charge in [0.05, 0.1) is 25.0 Å². The van der Waals surface area contributed by atoms with Crippen LogP contribution in [-0.2, 0) is 17.6 Å². The van der Waals surface area contributed by atoms with Crippen molar-refractivity contribution in [3.63, 3.8) is 0 Å². The van der Waals surface area contributed by atoms with Crippen molar-refractivity contribution in [2.75, 3.05) is 26.3 Å². The lowest BCUT2D eigenvalue weighted by atomic mass is 9.63. The smallest absolute Gasteiger partial charge is 0.319 e. The molecule has 2 aromatic rings. The molecule has 1 saturated heterocycles. The molecule has 1 saturated carbocycles. The summed E-state index contributed by atoms with van der Waals surface area (Å²) in [6, 6.07) is 0.292. The molecule has 2 atom stereocenters. The van der Waals surface area contributed by atoms with Crippen molar-refractivity contribution in [1.82, 2.24) is 25.1 Å². The van der Waals surface area contributed by atoms with Gasteiger partial charge in [-0.05, 0) is 26.7 Å². The van der Waals surface area contributed by atoms with Crippen LogP contribution in [0.5, 0.6) is 11.9 Å². The third-order valence-corrected chi connectivity index (χ3v) is 6.89. The van der Waals surface area contributed by atoms with Gasteiger partial charge in [-0.2, -0.15) is 10.1 Å². The van der Waals surface area contributed by atoms with Crippen LogP contribution < -0.4 is 9.47 Å². The van der Waals surface area contributed by atoms with E-state index < -0.39 is 5.60 Å². The number of rotatable bonds is 7. The number of aromatic nitrogens is 4. The number of fused-ring (bicyclic) bond motifs is 2. The highest BCUT2D eigenvalue weighted by Gasteiger charge is 2.53. The van der Waals surface area contributed by atoms with Gasteiger partial charge < -0.3 is 14.6 Å². The highest BCUT2D eigenvalue weighted by Crippen LogP contribution is 2.51. The van der Waals surface area contributed by atoms with Gasteiger partial charge in [-0.25, -0.2) is 4.98 Å². The van der Waals surface area contributed by atoms with Crippen molar-refractivity contribution in [2.24, 2.45) is 11.8 Å². The highest BCUT2D eigenvalue weighted by atomic mass is 16.5. The van der Waals surface area contributed by atoms with Gasteiger partial charge in [-0.15, -0.1) is 0 Å². The van der Waals surface area contributed by atoms with E-state index in [0.29, 0.717) is 30.7 Å². The lowest BCUT2D eigenvalue weighted by Crippen LogP contribution is -2.58. The number of aromatic amines is 1. The summed E-state index contributed by atoms with van der Waals surface area (Å²) in [6.45, 7) is 13.9. The van der Waals surface area contributed by atoms with Crippen LogP contribution in [0.4, 0.5) is 0 Å². The number of ether oxygens (including phenoxy) is 2. The molecule has 0 aromatic carbocycles. The Morgan fingerprint density at radius 1 is 1.12 bits per heavy atom. The van der Waals surface area contributed by atoms with Crippen molar-refractivity contribution in [3.05, 3.63) is 29.2 Å². The Balaban J connectivity index is 1.61. The van der Waals surface area contributed by atoms with Gasteiger partial charge in [-0.1, -0.05) is 27.2 Å². The molecule has 2 fully saturated rings. The zero-order valence-corrected chi connectivity index (χ0v) is 20.0. The average Bonchev–Trinajstić information content (AvgIpc) is 3.18. The summed E-state index contributed by atoms with van der Waals surface area (Å²) in [5, 5.41) is 19.6. The molecule has 32 heavy (non-hydrogen) atoms. The number of likely N-dealkylation sites (tertiary alicyclic amines) is 1. The molecular weight excluding hydrogens is 406 g/mol. The Kier molecular flexibility index (Phi) is 6.45. The predicted molar refractivity (Wildman–Crippen MR) is 122 cm³/mol. The van der Waals surface area contributed by atoms with Crippen LogP contribution >= 0.6 is 0 Å². The van der Waals surface area contributed by atoms with Crippen LogP contribution in [0.25, 0.3) is 0 Å². The summed E-state index contributed by atoms with van der Waals surface area (Å²) in [7, 11) is 0. The topological polar surface area (TPSA) is 96.4 Å². The van der Waals surface area contributed by atoms with Crippen LogP contribution in [-0.4, -0.2) is 56.5 Å². The van der Waals surface area contributed by atoms with Gasteiger partial charge in [0.2, 0.25) is 5.88 Å². The minimum absolute atomic E-state index is 0.0181. The number of aliphatic hydroxyl groups is 1. The first-order valence-electron chi connectivity index (χ1n) is 11.9. The molecule has 3 heterocycles. The van der Waals surface area contributed by atoms with E-state index in [9.17, 15) is 5.11 Å². The summed E-state index contributed by atoms with van der Waals surface area (Å²) in [5.74, 6) is 0.644. The first-order valence-corrected chi connectivity index (χ1v) is 11.9. The van der Waals surface area contributed by atoms with Crippen LogP contribution in [0.3, 0.4) is 0 Å². The molecule has 2 aliphatic rings. The fraction of sp³-hybridized carbons (Fsp3) is 0.708. The molecule has 1 aliphatic carbocycles. The molecule has 176 valence electrons. The third-order valence-electron chi connectivity index (χ3n) is 6.89. The van der Waals surface area contributed by atoms with Crippen LogP contribution in [0.15, 0.2) is 12.4 Å². The van der Waals surface area contributed by atoms with E-state index in [0.717, 1.165) is 38.9 Å². The second kappa shape index (κ2) is 8.98. The first kappa shape index (κ1) is 23.0. The fourth-order valence-electron chi connectivity index (χ4n) is 5.50. The van der Waals surface area contributed by atoms with Crippen LogP contribution in [0, 0.1) is 11.8 Å². The van der Waals surface area contributed by atoms with Crippen molar-refractivity contribution < 1.29 is 14.6 Å². The first-order chi connectivity index (χ1) is 15.3. The molecular formula is C24H37N5O3. The normalized spacial score (nSPS) is 26.2. The van der Waals surface area contributed by atoms with E-state index >= 15 is 0 Å². The quantitative estimate of drug-likeness (QED) is 0.677. The van der Waals surface area contributed by atoms with Crippen molar-refractivity contribution in [2.45, 2.75) is 71.4 Å². The fourth-order valence-corrected chi connectivity index (χ4v) is 5.50. The minimum atomic E-state index is -0.993. The SMILES string of the molecule is CCOc1ncc(C2(O)[C@@H]3CCC[C@@H]2CN(Cc2cn[nH]c2C(C)(C)C)C3)c(OCC)n1. The molecule has 0 spiro atoms. The van der Waals surface area contributed by atoms with Gasteiger partial charge >= 0.3 is 6.01 Å². The maximum Gasteiger partial charge on any atom is 0.319 e. The second-order valence-corrected chi connectivity index (χ2v) is 10.1. The Hall–Kier alpha value is -2.19. The highest BCUT2D eigenvalue weighted by molar-refractivity contribution is 5.35. The van der Waals surface area contributed by atoms with Crippen molar-refractivity contribution in [1.29, 1.82) is 0 Å². The summed E-state index contributed by atoms with van der Waals surface area (Å²) >= 11 is 0. The van der Waals surface area contributed by atoms with Gasteiger partial charge in [0.1, 0.15) is 5.60 Å². The Labute approximate surface area is 190 Å². The molecule has 1 aliphatic heterocycles. The number of nitrogens with zero attached hydrogens (tertiary/aromatic N) is 4. The van der Waals surface area contributed by atoms with Gasteiger partial charge in [0.15, 0.2) is 0 Å². The molecule has 0 unspecified atom stereocenters. The Morgan fingerprint density at radius 2 is 1.81 bits per heavy atom. The zero-order valence-electron chi connectivity index (χ0n) is 20.0. The number of H-pyrrole nitrogens is 1. The molecule has 8 nitrogen and oxygen atoms in total. The Bertz CT molecular complexity index is 909. The van der Waals surface area contributed by atoms with E-state index in [-0.39, 0.29) is 17.3 Å². The summed E-state index contributed by atoms with van der Waals surface area (Å²) in [6.07, 6.45) is 6.74. The molecule has 8 heteroatoms. The van der Waals surface area contributed by atoms with Crippen LogP contribution in [0.2, 0.25) is 0 Å². The molecule has 4 rings (SSSR count). The monoisotopic (exact) mass is 443 g/mol. The minimum Gasteiger partial charge on any atom is -0.478 e. The molecule has 2 aromatic heterocycles. The lowest BCUT2D eigenvalue weighted by Gasteiger charge is -2.53. The molecule has 0 amide bonds. The maximum atomic E-state index is 12.1. The summed E-state index contributed by atoms with van der Waals surface area (Å²) in [4.78, 5) is 11.3. The average molecular weight is 444 g/mol. The van der Waals surface area contributed by atoms with Crippen molar-refractivity contribution in [3.8, 4) is 11.9 Å². The van der Waals surface area contributed by atoms with Gasteiger partial charge in [0.25, 0.3) is 0 Å². The van der Waals surface area contributed by atoms with E-state index in [1.165, 1.54) is 11.3 Å². The molecule has 2 N–H and O–H groups in total. The van der Waals surface area contributed by atoms with E-state index in [2.05, 4.69) is 45.8 Å². The number of hydrogen-bond donors (Lipinski definition) is 2. The van der Waals surface area contributed by atoms with Gasteiger partial charge in [0, 0.05) is 54.3 Å². The Morgan fingerprint density at radius 3 is 2.44 bits per heavy atom. The van der Waals surface area contributed by atoms with Crippen LogP contribution in [0.1, 0.15) is 70.7 Å². The third kappa shape index (κ3) is 4.22. The standard InChI is InChI=1S/C24H37N5O3/c1-6-31-21-19(12-25-22(27-21)32-7-2)24(30)17-9-8-10-18(24)15-29(14-17)13-16-11-26-28-20(16)23(3,4)5/h11-12,17-18,30H,6-10,13-15H2,1-5H3,(H,26,28)/t17-,18-/m1/s1. The van der Waals surface area contributed by atoms with E-state index in [4.69, 9.17) is 9.47 Å². The summed E-state index contributed by atoms with van der Waals surface area (Å²) in [5.41, 5.74) is 2.15. The summed E-state index contributed by atoms with van der Waals surface area (Å²) < 4.78 is 11.3. The zero-order chi connectivity index (χ0) is 22.9. The predicted octanol–water partition coefficient (Wildman–Crippen LogP) is 3.41. The lowest BCUT2D eigenvalue weighted by molar-refractivity contribution is -0.150. The number of hydrogen-bond acceptors (Lipinski definition) is 7. The van der Waals surface area contributed by atoms with Gasteiger partial charge in [-0.3, -0.25) is 10.00 Å². The molecule has 2 bridgehead atoms. The van der Waals surface area contributed by atoms with E-state index in [1.54, 1.807) is 6.20 Å².